The molecule has 2 amide bonds. The number of rotatable bonds is 8. The molecule has 0 aliphatic rings. The Balaban J connectivity index is 2.01. The van der Waals surface area contributed by atoms with Gasteiger partial charge in [-0.05, 0) is 48.4 Å². The highest BCUT2D eigenvalue weighted by Gasteiger charge is 2.17. The number of benzene rings is 2. The van der Waals surface area contributed by atoms with Crippen molar-refractivity contribution in [2.45, 2.75) is 13.8 Å². The van der Waals surface area contributed by atoms with Crippen LogP contribution in [-0.2, 0) is 4.79 Å². The molecule has 0 atom stereocenters. The van der Waals surface area contributed by atoms with Gasteiger partial charge in [-0.25, -0.2) is 4.39 Å². The number of amides is 2. The molecule has 0 radical (unpaired) electrons. The maximum atomic E-state index is 12.9. The van der Waals surface area contributed by atoms with E-state index in [4.69, 9.17) is 9.47 Å². The standard InChI is InChI=1S/C21H25FN2O4/c1-14(2)13-28-18-10-5-15(11-19(18)27-4)21(26)24(3)12-20(25)23-17-8-6-16(22)7-9-17/h5-11,14H,12-13H2,1-4H3,(H,23,25). The number of halogens is 1. The van der Waals surface area contributed by atoms with E-state index in [1.165, 1.54) is 43.3 Å². The third kappa shape index (κ3) is 5.97. The van der Waals surface area contributed by atoms with E-state index in [-0.39, 0.29) is 24.2 Å². The van der Waals surface area contributed by atoms with Gasteiger partial charge in [0.1, 0.15) is 5.82 Å². The summed E-state index contributed by atoms with van der Waals surface area (Å²) in [5.41, 5.74) is 0.839. The summed E-state index contributed by atoms with van der Waals surface area (Å²) in [6.07, 6.45) is 0. The molecule has 0 saturated carbocycles. The van der Waals surface area contributed by atoms with E-state index in [2.05, 4.69) is 5.32 Å². The summed E-state index contributed by atoms with van der Waals surface area (Å²) in [4.78, 5) is 26.0. The minimum atomic E-state index is -0.389. The number of ether oxygens (including phenoxy) is 2. The lowest BCUT2D eigenvalue weighted by molar-refractivity contribution is -0.116. The zero-order valence-corrected chi connectivity index (χ0v) is 16.5. The summed E-state index contributed by atoms with van der Waals surface area (Å²) in [5, 5.41) is 2.62. The highest BCUT2D eigenvalue weighted by Crippen LogP contribution is 2.29. The van der Waals surface area contributed by atoms with Crippen LogP contribution in [0.3, 0.4) is 0 Å². The smallest absolute Gasteiger partial charge is 0.254 e. The molecular formula is C21H25FN2O4. The van der Waals surface area contributed by atoms with Crippen LogP contribution >= 0.6 is 0 Å². The van der Waals surface area contributed by atoms with Crippen LogP contribution in [0.15, 0.2) is 42.5 Å². The van der Waals surface area contributed by atoms with Crippen molar-refractivity contribution >= 4 is 17.5 Å². The lowest BCUT2D eigenvalue weighted by Crippen LogP contribution is -2.34. The van der Waals surface area contributed by atoms with Gasteiger partial charge >= 0.3 is 0 Å². The predicted molar refractivity (Wildman–Crippen MR) is 105 cm³/mol. The average Bonchev–Trinajstić information content (AvgIpc) is 2.67. The molecule has 2 aromatic rings. The summed E-state index contributed by atoms with van der Waals surface area (Å²) in [5.74, 6) is 0.270. The van der Waals surface area contributed by atoms with Crippen LogP contribution in [0.25, 0.3) is 0 Å². The lowest BCUT2D eigenvalue weighted by atomic mass is 10.1. The van der Waals surface area contributed by atoms with Crippen molar-refractivity contribution in [2.24, 2.45) is 5.92 Å². The molecule has 2 aromatic carbocycles. The Bertz CT molecular complexity index is 822. The number of nitrogens with zero attached hydrogens (tertiary/aromatic N) is 1. The normalized spacial score (nSPS) is 10.5. The van der Waals surface area contributed by atoms with Gasteiger partial charge in [0.05, 0.1) is 20.3 Å². The third-order valence-corrected chi connectivity index (χ3v) is 3.84. The van der Waals surface area contributed by atoms with Gasteiger partial charge in [0.15, 0.2) is 11.5 Å². The highest BCUT2D eigenvalue weighted by atomic mass is 19.1. The van der Waals surface area contributed by atoms with Crippen molar-refractivity contribution in [3.05, 3.63) is 53.8 Å². The van der Waals surface area contributed by atoms with Crippen molar-refractivity contribution in [1.29, 1.82) is 0 Å². The topological polar surface area (TPSA) is 67.9 Å². The minimum Gasteiger partial charge on any atom is -0.493 e. The fourth-order valence-corrected chi connectivity index (χ4v) is 2.42. The van der Waals surface area contributed by atoms with Crippen LogP contribution in [0.5, 0.6) is 11.5 Å². The summed E-state index contributed by atoms with van der Waals surface area (Å²) >= 11 is 0. The quantitative estimate of drug-likeness (QED) is 0.751. The van der Waals surface area contributed by atoms with E-state index in [9.17, 15) is 14.0 Å². The van der Waals surface area contributed by atoms with Crippen molar-refractivity contribution in [3.63, 3.8) is 0 Å². The first kappa shape index (κ1) is 21.2. The van der Waals surface area contributed by atoms with E-state index in [0.717, 1.165) is 0 Å². The van der Waals surface area contributed by atoms with Crippen molar-refractivity contribution in [1.82, 2.24) is 4.90 Å². The van der Waals surface area contributed by atoms with Crippen LogP contribution in [0.1, 0.15) is 24.2 Å². The van der Waals surface area contributed by atoms with Gasteiger partial charge < -0.3 is 19.7 Å². The Morgan fingerprint density at radius 3 is 2.39 bits per heavy atom. The zero-order chi connectivity index (χ0) is 20.7. The SMILES string of the molecule is COc1cc(C(=O)N(C)CC(=O)Nc2ccc(F)cc2)ccc1OCC(C)C. The first-order valence-electron chi connectivity index (χ1n) is 8.92. The minimum absolute atomic E-state index is 0.149. The van der Waals surface area contributed by atoms with Crippen LogP contribution in [0, 0.1) is 11.7 Å². The molecule has 0 aliphatic carbocycles. The van der Waals surface area contributed by atoms with E-state index in [1.807, 2.05) is 13.8 Å². The third-order valence-electron chi connectivity index (χ3n) is 3.84. The fraction of sp³-hybridized carbons (Fsp3) is 0.333. The van der Waals surface area contributed by atoms with Gasteiger partial charge in [-0.3, -0.25) is 9.59 Å². The summed E-state index contributed by atoms with van der Waals surface area (Å²) < 4.78 is 23.9. The molecule has 0 heterocycles. The van der Waals surface area contributed by atoms with Crippen LogP contribution in [0.4, 0.5) is 10.1 Å². The van der Waals surface area contributed by atoms with Gasteiger partial charge in [-0.2, -0.15) is 0 Å². The second kappa shape index (κ2) is 9.73. The Hall–Kier alpha value is -3.09. The Labute approximate surface area is 164 Å². The highest BCUT2D eigenvalue weighted by molar-refractivity contribution is 5.99. The maximum absolute atomic E-state index is 12.9. The Kier molecular flexibility index (Phi) is 7.37. The largest absolute Gasteiger partial charge is 0.493 e. The molecule has 7 heteroatoms. The number of methoxy groups -OCH3 is 1. The molecule has 1 N–H and O–H groups in total. The molecule has 0 spiro atoms. The first-order chi connectivity index (χ1) is 13.3. The van der Waals surface area contributed by atoms with Crippen LogP contribution in [0.2, 0.25) is 0 Å². The molecule has 0 aliphatic heterocycles. The predicted octanol–water partition coefficient (Wildman–Crippen LogP) is 3.58. The van der Waals surface area contributed by atoms with E-state index in [0.29, 0.717) is 35.3 Å². The fourth-order valence-electron chi connectivity index (χ4n) is 2.42. The van der Waals surface area contributed by atoms with Crippen molar-refractivity contribution in [2.75, 3.05) is 32.6 Å². The van der Waals surface area contributed by atoms with Gasteiger partial charge in [-0.15, -0.1) is 0 Å². The number of hydrogen-bond acceptors (Lipinski definition) is 4. The Morgan fingerprint density at radius 1 is 1.11 bits per heavy atom. The molecule has 0 unspecified atom stereocenters. The molecule has 0 bridgehead atoms. The van der Waals surface area contributed by atoms with E-state index >= 15 is 0 Å². The number of hydrogen-bond donors (Lipinski definition) is 1. The Morgan fingerprint density at radius 2 is 1.79 bits per heavy atom. The van der Waals surface area contributed by atoms with Gasteiger partial charge in [0.25, 0.3) is 5.91 Å². The van der Waals surface area contributed by atoms with Gasteiger partial charge in [-0.1, -0.05) is 13.8 Å². The number of likely N-dealkylation sites (N-methyl/N-ethyl adjacent to an activating group) is 1. The number of anilines is 1. The maximum Gasteiger partial charge on any atom is 0.254 e. The second-order valence-electron chi connectivity index (χ2n) is 6.79. The second-order valence-corrected chi connectivity index (χ2v) is 6.79. The molecular weight excluding hydrogens is 363 g/mol. The first-order valence-corrected chi connectivity index (χ1v) is 8.92. The molecule has 6 nitrogen and oxygen atoms in total. The molecule has 2 rings (SSSR count). The van der Waals surface area contributed by atoms with Crippen molar-refractivity contribution < 1.29 is 23.5 Å². The van der Waals surface area contributed by atoms with Gasteiger partial charge in [0.2, 0.25) is 5.91 Å². The van der Waals surface area contributed by atoms with Crippen LogP contribution in [-0.4, -0.2) is 44.0 Å². The van der Waals surface area contributed by atoms with E-state index < -0.39 is 0 Å². The molecule has 0 saturated heterocycles. The zero-order valence-electron chi connectivity index (χ0n) is 16.5. The molecule has 0 aromatic heterocycles. The van der Waals surface area contributed by atoms with Crippen LogP contribution < -0.4 is 14.8 Å². The molecule has 28 heavy (non-hydrogen) atoms. The number of carbonyl (C=O) groups is 2. The molecule has 150 valence electrons. The van der Waals surface area contributed by atoms with Gasteiger partial charge in [0, 0.05) is 18.3 Å². The lowest BCUT2D eigenvalue weighted by Gasteiger charge is -2.18. The van der Waals surface area contributed by atoms with Crippen molar-refractivity contribution in [3.8, 4) is 11.5 Å². The van der Waals surface area contributed by atoms with E-state index in [1.54, 1.807) is 18.2 Å². The number of carbonyl (C=O) groups excluding carboxylic acids is 2. The monoisotopic (exact) mass is 388 g/mol. The summed E-state index contributed by atoms with van der Waals surface area (Å²) in [6.45, 7) is 4.46. The molecule has 0 fully saturated rings. The summed E-state index contributed by atoms with van der Waals surface area (Å²) in [6, 6.07) is 10.3. The number of nitrogens with one attached hydrogen (secondary N) is 1. The summed E-state index contributed by atoms with van der Waals surface area (Å²) in [7, 11) is 3.04. The average molecular weight is 388 g/mol.